The topological polar surface area (TPSA) is 86.8 Å². The molecule has 3 rings (SSSR count). The zero-order valence-corrected chi connectivity index (χ0v) is 23.4. The van der Waals surface area contributed by atoms with Crippen LogP contribution in [-0.4, -0.2) is 56.6 Å². The van der Waals surface area contributed by atoms with Crippen molar-refractivity contribution in [1.29, 1.82) is 0 Å². The average Bonchev–Trinajstić information content (AvgIpc) is 2.84. The van der Waals surface area contributed by atoms with Crippen LogP contribution in [0.2, 0.25) is 0 Å². The number of hydrogen-bond acceptors (Lipinski definition) is 4. The summed E-state index contributed by atoms with van der Waals surface area (Å²) in [5, 5.41) is 3.17. The van der Waals surface area contributed by atoms with Gasteiger partial charge in [0.05, 0.1) is 11.9 Å². The van der Waals surface area contributed by atoms with Gasteiger partial charge in [-0.2, -0.15) is 0 Å². The zero-order valence-electron chi connectivity index (χ0n) is 22.6. The van der Waals surface area contributed by atoms with Crippen LogP contribution in [0.15, 0.2) is 48.5 Å². The molecule has 1 aliphatic carbocycles. The minimum Gasteiger partial charge on any atom is -0.352 e. The van der Waals surface area contributed by atoms with Crippen LogP contribution >= 0.6 is 0 Å². The van der Waals surface area contributed by atoms with Crippen molar-refractivity contribution in [2.75, 3.05) is 23.7 Å². The molecule has 0 heterocycles. The molecule has 0 radical (unpaired) electrons. The molecule has 1 fully saturated rings. The average molecular weight is 528 g/mol. The Labute approximate surface area is 222 Å². The summed E-state index contributed by atoms with van der Waals surface area (Å²) in [6.07, 6.45) is 7.41. The molecule has 1 unspecified atom stereocenters. The molecule has 2 amide bonds. The molecule has 0 aliphatic heterocycles. The first-order valence-electron chi connectivity index (χ1n) is 13.3. The number of benzene rings is 2. The second-order valence-electron chi connectivity index (χ2n) is 10.2. The third-order valence-electron chi connectivity index (χ3n) is 7.00. The summed E-state index contributed by atoms with van der Waals surface area (Å²) in [5.74, 6) is -0.542. The van der Waals surface area contributed by atoms with E-state index in [0.717, 1.165) is 52.9 Å². The number of nitrogens with zero attached hydrogens (tertiary/aromatic N) is 2. The molecule has 2 aromatic rings. The van der Waals surface area contributed by atoms with Gasteiger partial charge in [-0.05, 0) is 68.4 Å². The normalized spacial score (nSPS) is 15.1. The van der Waals surface area contributed by atoms with Gasteiger partial charge in [0, 0.05) is 12.6 Å². The van der Waals surface area contributed by atoms with Gasteiger partial charge < -0.3 is 10.2 Å². The fourth-order valence-electron chi connectivity index (χ4n) is 5.15. The Bertz CT molecular complexity index is 1140. The van der Waals surface area contributed by atoms with Crippen molar-refractivity contribution < 1.29 is 18.0 Å². The summed E-state index contributed by atoms with van der Waals surface area (Å²) < 4.78 is 26.8. The molecule has 0 saturated heterocycles. The zero-order chi connectivity index (χ0) is 27.0. The van der Waals surface area contributed by atoms with Crippen LogP contribution in [0.4, 0.5) is 5.69 Å². The van der Waals surface area contributed by atoms with E-state index in [4.69, 9.17) is 0 Å². The molecule has 1 atom stereocenters. The number of amides is 2. The minimum absolute atomic E-state index is 0.129. The number of aryl methyl sites for hydroxylation is 2. The van der Waals surface area contributed by atoms with Crippen molar-refractivity contribution >= 4 is 27.5 Å². The Kier molecular flexibility index (Phi) is 10.1. The van der Waals surface area contributed by atoms with Crippen LogP contribution in [0.1, 0.15) is 62.1 Å². The van der Waals surface area contributed by atoms with E-state index in [1.165, 1.54) is 6.42 Å². The maximum absolute atomic E-state index is 13.8. The van der Waals surface area contributed by atoms with E-state index in [-0.39, 0.29) is 24.4 Å². The molecule has 0 bridgehead atoms. The summed E-state index contributed by atoms with van der Waals surface area (Å²) in [4.78, 5) is 28.8. The first-order valence-corrected chi connectivity index (χ1v) is 15.1. The highest BCUT2D eigenvalue weighted by atomic mass is 32.2. The third-order valence-corrected chi connectivity index (χ3v) is 8.14. The number of carbonyl (C=O) groups excluding carboxylic acids is 2. The van der Waals surface area contributed by atoms with Gasteiger partial charge >= 0.3 is 0 Å². The van der Waals surface area contributed by atoms with Crippen molar-refractivity contribution in [2.24, 2.45) is 0 Å². The van der Waals surface area contributed by atoms with Gasteiger partial charge in [-0.25, -0.2) is 8.42 Å². The van der Waals surface area contributed by atoms with Gasteiger partial charge in [0.1, 0.15) is 12.6 Å². The Hall–Kier alpha value is -2.87. The maximum atomic E-state index is 13.8. The van der Waals surface area contributed by atoms with Gasteiger partial charge in [-0.15, -0.1) is 0 Å². The fourth-order valence-corrected chi connectivity index (χ4v) is 5.98. The van der Waals surface area contributed by atoms with Gasteiger partial charge in [0.2, 0.25) is 21.8 Å². The van der Waals surface area contributed by atoms with Crippen molar-refractivity contribution in [3.8, 4) is 0 Å². The van der Waals surface area contributed by atoms with Gasteiger partial charge in [-0.1, -0.05) is 62.6 Å². The lowest BCUT2D eigenvalue weighted by atomic mass is 9.95. The molecule has 0 spiro atoms. The highest BCUT2D eigenvalue weighted by Gasteiger charge is 2.32. The fraction of sp³-hybridized carbons (Fsp3) is 0.517. The molecule has 7 nitrogen and oxygen atoms in total. The Morgan fingerprint density at radius 1 is 1.00 bits per heavy atom. The number of anilines is 1. The standard InChI is InChI=1S/C29H41N3O4S/c1-5-27(29(34)30-25-14-10-7-11-15-25)31(17-16-24-12-8-6-9-13-24)28(33)21-32(37(4,35)36)26-19-22(2)18-23(3)20-26/h6,8-9,12-13,18-20,25,27H,5,7,10-11,14-17,21H2,1-4H3,(H,30,34). The van der Waals surface area contributed by atoms with Gasteiger partial charge in [-0.3, -0.25) is 13.9 Å². The van der Waals surface area contributed by atoms with Crippen LogP contribution < -0.4 is 9.62 Å². The summed E-state index contributed by atoms with van der Waals surface area (Å²) >= 11 is 0. The summed E-state index contributed by atoms with van der Waals surface area (Å²) in [7, 11) is -3.74. The second kappa shape index (κ2) is 13.1. The quantitative estimate of drug-likeness (QED) is 0.470. The van der Waals surface area contributed by atoms with E-state index >= 15 is 0 Å². The van der Waals surface area contributed by atoms with Gasteiger partial charge in [0.25, 0.3) is 0 Å². The van der Waals surface area contributed by atoms with Crippen LogP contribution in [0, 0.1) is 13.8 Å². The summed E-state index contributed by atoms with van der Waals surface area (Å²) in [5.41, 5.74) is 3.33. The van der Waals surface area contributed by atoms with Gasteiger partial charge in [0.15, 0.2) is 0 Å². The third kappa shape index (κ3) is 8.32. The molecule has 8 heteroatoms. The predicted octanol–water partition coefficient (Wildman–Crippen LogP) is 4.37. The van der Waals surface area contributed by atoms with E-state index in [2.05, 4.69) is 5.32 Å². The number of rotatable bonds is 11. The predicted molar refractivity (Wildman–Crippen MR) is 149 cm³/mol. The molecule has 1 saturated carbocycles. The molecule has 1 N–H and O–H groups in total. The van der Waals surface area contributed by atoms with E-state index < -0.39 is 16.1 Å². The molecule has 202 valence electrons. The molecule has 0 aromatic heterocycles. The van der Waals surface area contributed by atoms with Crippen molar-refractivity contribution in [1.82, 2.24) is 10.2 Å². The maximum Gasteiger partial charge on any atom is 0.244 e. The SMILES string of the molecule is CCC(C(=O)NC1CCCCC1)N(CCc1ccccc1)C(=O)CN(c1cc(C)cc(C)c1)S(C)(=O)=O. The molecule has 2 aromatic carbocycles. The van der Waals surface area contributed by atoms with E-state index in [0.29, 0.717) is 25.1 Å². The Balaban J connectivity index is 1.88. The van der Waals surface area contributed by atoms with Crippen LogP contribution in [0.25, 0.3) is 0 Å². The van der Waals surface area contributed by atoms with Crippen molar-refractivity contribution in [2.45, 2.75) is 77.8 Å². The Morgan fingerprint density at radius 3 is 2.19 bits per heavy atom. The molecular weight excluding hydrogens is 486 g/mol. The highest BCUT2D eigenvalue weighted by molar-refractivity contribution is 7.92. The van der Waals surface area contributed by atoms with E-state index in [9.17, 15) is 18.0 Å². The number of carbonyl (C=O) groups is 2. The van der Waals surface area contributed by atoms with Crippen LogP contribution in [0.5, 0.6) is 0 Å². The van der Waals surface area contributed by atoms with Crippen molar-refractivity contribution in [3.63, 3.8) is 0 Å². The van der Waals surface area contributed by atoms with E-state index in [1.54, 1.807) is 17.0 Å². The molecule has 37 heavy (non-hydrogen) atoms. The summed E-state index contributed by atoms with van der Waals surface area (Å²) in [6, 6.07) is 14.8. The minimum atomic E-state index is -3.74. The smallest absolute Gasteiger partial charge is 0.244 e. The lowest BCUT2D eigenvalue weighted by Gasteiger charge is -2.34. The van der Waals surface area contributed by atoms with Crippen molar-refractivity contribution in [3.05, 3.63) is 65.2 Å². The van der Waals surface area contributed by atoms with Crippen LogP contribution in [0.3, 0.4) is 0 Å². The van der Waals surface area contributed by atoms with E-state index in [1.807, 2.05) is 57.2 Å². The molecular formula is C29H41N3O4S. The Morgan fingerprint density at radius 2 is 1.62 bits per heavy atom. The van der Waals surface area contributed by atoms with Crippen LogP contribution in [-0.2, 0) is 26.0 Å². The lowest BCUT2D eigenvalue weighted by molar-refractivity contribution is -0.140. The highest BCUT2D eigenvalue weighted by Crippen LogP contribution is 2.23. The summed E-state index contributed by atoms with van der Waals surface area (Å²) in [6.45, 7) is 5.65. The first kappa shape index (κ1) is 28.7. The largest absolute Gasteiger partial charge is 0.352 e. The number of sulfonamides is 1. The monoisotopic (exact) mass is 527 g/mol. The number of hydrogen-bond donors (Lipinski definition) is 1. The first-order chi connectivity index (χ1) is 17.6. The second-order valence-corrected chi connectivity index (χ2v) is 12.1. The molecule has 1 aliphatic rings. The number of nitrogens with one attached hydrogen (secondary N) is 1. The lowest BCUT2D eigenvalue weighted by Crippen LogP contribution is -2.54.